The highest BCUT2D eigenvalue weighted by atomic mass is 35.5. The summed E-state index contributed by atoms with van der Waals surface area (Å²) < 4.78 is 0. The van der Waals surface area contributed by atoms with E-state index in [0.717, 1.165) is 49.4 Å². The van der Waals surface area contributed by atoms with Gasteiger partial charge in [-0.2, -0.15) is 0 Å². The van der Waals surface area contributed by atoms with E-state index in [1.165, 1.54) is 16.9 Å². The number of halogens is 1. The summed E-state index contributed by atoms with van der Waals surface area (Å²) in [7, 11) is 0. The lowest BCUT2D eigenvalue weighted by Gasteiger charge is -2.25. The van der Waals surface area contributed by atoms with E-state index in [0.29, 0.717) is 0 Å². The zero-order chi connectivity index (χ0) is 15.4. The van der Waals surface area contributed by atoms with Gasteiger partial charge >= 0.3 is 0 Å². The number of rotatable bonds is 6. The van der Waals surface area contributed by atoms with Gasteiger partial charge in [0.2, 0.25) is 0 Å². The first kappa shape index (κ1) is 15.9. The summed E-state index contributed by atoms with van der Waals surface area (Å²) in [6, 6.07) is 8.20. The van der Waals surface area contributed by atoms with Gasteiger partial charge in [-0.25, -0.2) is 4.98 Å². The third-order valence-corrected chi connectivity index (χ3v) is 5.34. The molecule has 0 spiro atoms. The lowest BCUT2D eigenvalue weighted by Crippen LogP contribution is -2.30. The smallest absolute Gasteiger partial charge is 0.0798 e. The van der Waals surface area contributed by atoms with Gasteiger partial charge < -0.3 is 5.32 Å². The fourth-order valence-corrected chi connectivity index (χ4v) is 4.03. The van der Waals surface area contributed by atoms with Gasteiger partial charge in [-0.05, 0) is 50.0 Å². The molecule has 1 aromatic carbocycles. The molecule has 118 valence electrons. The van der Waals surface area contributed by atoms with Gasteiger partial charge in [0.1, 0.15) is 0 Å². The Morgan fingerprint density at radius 2 is 2.32 bits per heavy atom. The minimum atomic E-state index is 0.743. The number of aromatic nitrogens is 1. The molecule has 1 aromatic heterocycles. The molecule has 22 heavy (non-hydrogen) atoms. The van der Waals surface area contributed by atoms with Gasteiger partial charge in [-0.3, -0.25) is 4.90 Å². The van der Waals surface area contributed by atoms with Crippen LogP contribution in [0.25, 0.3) is 0 Å². The second-order valence-electron chi connectivity index (χ2n) is 6.02. The Morgan fingerprint density at radius 1 is 1.41 bits per heavy atom. The Labute approximate surface area is 141 Å². The van der Waals surface area contributed by atoms with Crippen LogP contribution in [0.4, 0.5) is 0 Å². The summed E-state index contributed by atoms with van der Waals surface area (Å²) in [5.74, 6) is 0.743. The van der Waals surface area contributed by atoms with E-state index in [9.17, 15) is 0 Å². The van der Waals surface area contributed by atoms with Crippen LogP contribution in [0.1, 0.15) is 22.6 Å². The van der Waals surface area contributed by atoms with Gasteiger partial charge in [-0.15, -0.1) is 11.3 Å². The molecule has 3 rings (SSSR count). The minimum Gasteiger partial charge on any atom is -0.316 e. The topological polar surface area (TPSA) is 28.2 Å². The molecule has 1 atom stereocenters. The van der Waals surface area contributed by atoms with Crippen molar-refractivity contribution in [3.63, 3.8) is 0 Å². The second kappa shape index (κ2) is 7.55. The highest BCUT2D eigenvalue weighted by molar-refractivity contribution is 7.09. The van der Waals surface area contributed by atoms with E-state index in [4.69, 9.17) is 11.6 Å². The molecular weight excluding hydrogens is 314 g/mol. The molecule has 3 nitrogen and oxygen atoms in total. The predicted molar refractivity (Wildman–Crippen MR) is 93.4 cm³/mol. The minimum absolute atomic E-state index is 0.743. The molecule has 1 N–H and O–H groups in total. The van der Waals surface area contributed by atoms with Crippen molar-refractivity contribution in [2.75, 3.05) is 19.6 Å². The summed E-state index contributed by atoms with van der Waals surface area (Å²) in [6.07, 6.45) is 1.27. The number of nitrogens with one attached hydrogen (secondary N) is 1. The lowest BCUT2D eigenvalue weighted by molar-refractivity contribution is 0.222. The maximum Gasteiger partial charge on any atom is 0.0798 e. The van der Waals surface area contributed by atoms with Crippen molar-refractivity contribution in [3.05, 3.63) is 50.9 Å². The Balaban J connectivity index is 1.71. The van der Waals surface area contributed by atoms with Crippen molar-refractivity contribution in [2.45, 2.75) is 26.4 Å². The van der Waals surface area contributed by atoms with Crippen LogP contribution in [0.2, 0.25) is 5.02 Å². The average Bonchev–Trinajstić information content (AvgIpc) is 3.12. The Hall–Kier alpha value is -0.940. The van der Waals surface area contributed by atoms with E-state index >= 15 is 0 Å². The summed E-state index contributed by atoms with van der Waals surface area (Å²) in [5.41, 5.74) is 4.38. The Morgan fingerprint density at radius 3 is 3.00 bits per heavy atom. The van der Waals surface area contributed by atoms with E-state index in [1.54, 1.807) is 11.3 Å². The summed E-state index contributed by atoms with van der Waals surface area (Å²) in [6.45, 7) is 7.41. The van der Waals surface area contributed by atoms with Crippen LogP contribution in [-0.2, 0) is 13.1 Å². The number of benzene rings is 1. The molecule has 0 amide bonds. The molecule has 5 heteroatoms. The van der Waals surface area contributed by atoms with E-state index < -0.39 is 0 Å². The van der Waals surface area contributed by atoms with Crippen LogP contribution in [0.3, 0.4) is 0 Å². The fourth-order valence-electron chi connectivity index (χ4n) is 3.00. The van der Waals surface area contributed by atoms with Gasteiger partial charge in [0.15, 0.2) is 0 Å². The molecule has 0 saturated carbocycles. The van der Waals surface area contributed by atoms with E-state index in [1.807, 2.05) is 17.6 Å². The predicted octanol–water partition coefficient (Wildman–Crippen LogP) is 3.72. The van der Waals surface area contributed by atoms with Crippen molar-refractivity contribution in [2.24, 2.45) is 5.92 Å². The highest BCUT2D eigenvalue weighted by Gasteiger charge is 2.19. The first-order valence-electron chi connectivity index (χ1n) is 7.77. The van der Waals surface area contributed by atoms with Crippen molar-refractivity contribution >= 4 is 22.9 Å². The summed E-state index contributed by atoms with van der Waals surface area (Å²) >= 11 is 7.89. The number of hydrogen-bond donors (Lipinski definition) is 1. The van der Waals surface area contributed by atoms with Crippen LogP contribution >= 0.6 is 22.9 Å². The maximum atomic E-state index is 6.13. The maximum absolute atomic E-state index is 6.13. The van der Waals surface area contributed by atoms with Crippen LogP contribution in [-0.4, -0.2) is 29.5 Å². The van der Waals surface area contributed by atoms with Gasteiger partial charge in [0.25, 0.3) is 0 Å². The number of nitrogens with zero attached hydrogens (tertiary/aromatic N) is 2. The van der Waals surface area contributed by atoms with Gasteiger partial charge in [0.05, 0.1) is 11.2 Å². The van der Waals surface area contributed by atoms with Crippen molar-refractivity contribution in [3.8, 4) is 0 Å². The van der Waals surface area contributed by atoms with Crippen LogP contribution in [0, 0.1) is 12.8 Å². The quantitative estimate of drug-likeness (QED) is 0.872. The molecule has 0 radical (unpaired) electrons. The van der Waals surface area contributed by atoms with Crippen molar-refractivity contribution in [1.82, 2.24) is 15.2 Å². The first-order valence-corrected chi connectivity index (χ1v) is 9.03. The molecule has 1 saturated heterocycles. The fraction of sp³-hybridized carbons (Fsp3) is 0.471. The summed E-state index contributed by atoms with van der Waals surface area (Å²) in [4.78, 5) is 8.28. The normalized spacial score (nSPS) is 18.2. The highest BCUT2D eigenvalue weighted by Crippen LogP contribution is 2.20. The standard InChI is InChI=1S/C17H22ClN3S/c1-13-17(22-12-20-13)11-21(10-15-5-6-19-8-15)9-14-3-2-4-16(18)7-14/h2-4,7,12,15,19H,5-6,8-11H2,1H3/t15-/m0/s1. The average molecular weight is 336 g/mol. The molecule has 0 aliphatic carbocycles. The molecule has 1 aliphatic heterocycles. The first-order chi connectivity index (χ1) is 10.7. The van der Waals surface area contributed by atoms with Gasteiger partial charge in [-0.1, -0.05) is 23.7 Å². The number of hydrogen-bond acceptors (Lipinski definition) is 4. The van der Waals surface area contributed by atoms with Crippen LogP contribution in [0.15, 0.2) is 29.8 Å². The molecular formula is C17H22ClN3S. The largest absolute Gasteiger partial charge is 0.316 e. The SMILES string of the molecule is Cc1ncsc1CN(Cc1cccc(Cl)c1)C[C@H]1CCNC1. The van der Waals surface area contributed by atoms with Crippen LogP contribution < -0.4 is 5.32 Å². The molecule has 1 fully saturated rings. The van der Waals surface area contributed by atoms with E-state index in [2.05, 4.69) is 34.3 Å². The number of thiazole rings is 1. The lowest BCUT2D eigenvalue weighted by atomic mass is 10.1. The molecule has 2 aromatic rings. The van der Waals surface area contributed by atoms with Crippen LogP contribution in [0.5, 0.6) is 0 Å². The zero-order valence-electron chi connectivity index (χ0n) is 12.9. The van der Waals surface area contributed by atoms with Crippen molar-refractivity contribution < 1.29 is 0 Å². The molecule has 2 heterocycles. The Kier molecular flexibility index (Phi) is 5.47. The van der Waals surface area contributed by atoms with E-state index in [-0.39, 0.29) is 0 Å². The third kappa shape index (κ3) is 4.29. The monoisotopic (exact) mass is 335 g/mol. The second-order valence-corrected chi connectivity index (χ2v) is 7.40. The number of aryl methyl sites for hydroxylation is 1. The van der Waals surface area contributed by atoms with Crippen molar-refractivity contribution in [1.29, 1.82) is 0 Å². The molecule has 0 unspecified atom stereocenters. The third-order valence-electron chi connectivity index (χ3n) is 4.19. The molecule has 1 aliphatic rings. The van der Waals surface area contributed by atoms with Gasteiger partial charge in [0, 0.05) is 29.5 Å². The Bertz CT molecular complexity index is 607. The summed E-state index contributed by atoms with van der Waals surface area (Å²) in [5, 5.41) is 4.28. The zero-order valence-corrected chi connectivity index (χ0v) is 14.5. The molecule has 0 bridgehead atoms.